The molecule has 1 N–H and O–H groups in total. The van der Waals surface area contributed by atoms with Gasteiger partial charge in [-0.25, -0.2) is 9.97 Å². The molecule has 0 radical (unpaired) electrons. The molecular weight excluding hydrogens is 314 g/mol. The molecule has 0 aliphatic heterocycles. The number of methoxy groups -OCH3 is 2. The first kappa shape index (κ1) is 15.2. The summed E-state index contributed by atoms with van der Waals surface area (Å²) in [6.45, 7) is 0. The van der Waals surface area contributed by atoms with Gasteiger partial charge in [-0.3, -0.25) is 0 Å². The molecule has 0 unspecified atom stereocenters. The lowest BCUT2D eigenvalue weighted by Gasteiger charge is -2.08. The minimum absolute atomic E-state index is 0.727. The molecule has 0 fully saturated rings. The number of nitrogens with one attached hydrogen (secondary N) is 1. The highest BCUT2D eigenvalue weighted by Crippen LogP contribution is 2.30. The molecular formula is C20H17N3O2. The number of nitrogens with zero attached hydrogens (tertiary/aromatic N) is 2. The highest BCUT2D eigenvalue weighted by atomic mass is 16.5. The van der Waals surface area contributed by atoms with Gasteiger partial charge in [0.15, 0.2) is 5.82 Å². The van der Waals surface area contributed by atoms with Gasteiger partial charge in [-0.2, -0.15) is 0 Å². The van der Waals surface area contributed by atoms with Crippen molar-refractivity contribution in [2.75, 3.05) is 14.2 Å². The lowest BCUT2D eigenvalue weighted by Crippen LogP contribution is -1.92. The molecule has 2 aromatic heterocycles. The van der Waals surface area contributed by atoms with Crippen LogP contribution >= 0.6 is 0 Å². The number of aromatic amines is 1. The highest BCUT2D eigenvalue weighted by Gasteiger charge is 2.10. The molecule has 2 aromatic carbocycles. The maximum Gasteiger partial charge on any atom is 0.157 e. The number of pyridine rings is 1. The van der Waals surface area contributed by atoms with Crippen LogP contribution in [0.15, 0.2) is 60.7 Å². The van der Waals surface area contributed by atoms with E-state index in [4.69, 9.17) is 14.5 Å². The van der Waals surface area contributed by atoms with Gasteiger partial charge in [0.05, 0.1) is 30.9 Å². The van der Waals surface area contributed by atoms with E-state index in [1.54, 1.807) is 14.2 Å². The number of rotatable bonds is 4. The molecule has 0 amide bonds. The van der Waals surface area contributed by atoms with Crippen LogP contribution in [0.3, 0.4) is 0 Å². The summed E-state index contributed by atoms with van der Waals surface area (Å²) in [6, 6.07) is 19.5. The van der Waals surface area contributed by atoms with Crippen molar-refractivity contribution in [2.24, 2.45) is 0 Å². The number of fused-ring (bicyclic) bond motifs is 1. The molecule has 124 valence electrons. The second-order valence-corrected chi connectivity index (χ2v) is 5.61. The number of hydrogen-bond acceptors (Lipinski definition) is 4. The summed E-state index contributed by atoms with van der Waals surface area (Å²) in [4.78, 5) is 12.7. The summed E-state index contributed by atoms with van der Waals surface area (Å²) in [5, 5.41) is 0. The van der Waals surface area contributed by atoms with Gasteiger partial charge < -0.3 is 14.5 Å². The molecule has 0 aliphatic carbocycles. The lowest BCUT2D eigenvalue weighted by atomic mass is 10.1. The van der Waals surface area contributed by atoms with Gasteiger partial charge in [0.1, 0.15) is 17.2 Å². The van der Waals surface area contributed by atoms with Crippen LogP contribution in [0.25, 0.3) is 33.8 Å². The summed E-state index contributed by atoms with van der Waals surface area (Å²) < 4.78 is 10.7. The summed E-state index contributed by atoms with van der Waals surface area (Å²) >= 11 is 0. The van der Waals surface area contributed by atoms with Crippen molar-refractivity contribution in [1.82, 2.24) is 15.0 Å². The molecule has 0 spiro atoms. The van der Waals surface area contributed by atoms with Crippen LogP contribution in [0, 0.1) is 0 Å². The Hall–Kier alpha value is -3.34. The Kier molecular flexibility index (Phi) is 3.82. The van der Waals surface area contributed by atoms with Crippen LogP contribution in [0.5, 0.6) is 11.5 Å². The van der Waals surface area contributed by atoms with Crippen LogP contribution in [-0.4, -0.2) is 29.2 Å². The van der Waals surface area contributed by atoms with Crippen LogP contribution in [0.1, 0.15) is 0 Å². The average Bonchev–Trinajstić information content (AvgIpc) is 3.12. The number of imidazole rings is 1. The standard InChI is InChI=1S/C20H17N3O2/c1-24-14-10-13(11-15(12-14)25-2)16-8-5-9-19(21-16)20-22-17-6-3-4-7-18(17)23-20/h3-12H,1-2H3,(H,22,23). The quantitative estimate of drug-likeness (QED) is 0.605. The van der Waals surface area contributed by atoms with Crippen molar-refractivity contribution in [1.29, 1.82) is 0 Å². The summed E-state index contributed by atoms with van der Waals surface area (Å²) in [6.07, 6.45) is 0. The zero-order valence-electron chi connectivity index (χ0n) is 14.0. The Morgan fingerprint density at radius 2 is 1.48 bits per heavy atom. The molecule has 0 saturated carbocycles. The summed E-state index contributed by atoms with van der Waals surface area (Å²) in [7, 11) is 3.27. The van der Waals surface area contributed by atoms with Crippen molar-refractivity contribution in [3.05, 3.63) is 60.7 Å². The van der Waals surface area contributed by atoms with E-state index in [1.165, 1.54) is 0 Å². The number of para-hydroxylation sites is 2. The molecule has 0 bridgehead atoms. The maximum absolute atomic E-state index is 5.35. The number of ether oxygens (including phenoxy) is 2. The molecule has 5 heteroatoms. The van der Waals surface area contributed by atoms with E-state index in [0.717, 1.165) is 45.3 Å². The molecule has 0 aliphatic rings. The van der Waals surface area contributed by atoms with E-state index in [9.17, 15) is 0 Å². The summed E-state index contributed by atoms with van der Waals surface area (Å²) in [5.41, 5.74) is 4.46. The Morgan fingerprint density at radius 3 is 2.20 bits per heavy atom. The number of benzene rings is 2. The molecule has 2 heterocycles. The van der Waals surface area contributed by atoms with Gasteiger partial charge >= 0.3 is 0 Å². The lowest BCUT2D eigenvalue weighted by molar-refractivity contribution is 0.394. The molecule has 5 nitrogen and oxygen atoms in total. The van der Waals surface area contributed by atoms with Crippen molar-refractivity contribution >= 4 is 11.0 Å². The minimum atomic E-state index is 0.727. The first-order chi connectivity index (χ1) is 12.3. The molecule has 0 atom stereocenters. The first-order valence-corrected chi connectivity index (χ1v) is 7.92. The van der Waals surface area contributed by atoms with Crippen molar-refractivity contribution in [3.63, 3.8) is 0 Å². The molecule has 4 rings (SSSR count). The van der Waals surface area contributed by atoms with Gasteiger partial charge in [-0.05, 0) is 36.4 Å². The second-order valence-electron chi connectivity index (χ2n) is 5.61. The van der Waals surface area contributed by atoms with Crippen LogP contribution in [0.2, 0.25) is 0 Å². The van der Waals surface area contributed by atoms with Gasteiger partial charge in [0.25, 0.3) is 0 Å². The van der Waals surface area contributed by atoms with E-state index in [0.29, 0.717) is 0 Å². The van der Waals surface area contributed by atoms with E-state index in [1.807, 2.05) is 60.7 Å². The molecule has 4 aromatic rings. The van der Waals surface area contributed by atoms with Crippen molar-refractivity contribution < 1.29 is 9.47 Å². The minimum Gasteiger partial charge on any atom is -0.497 e. The Bertz CT molecular complexity index is 985. The highest BCUT2D eigenvalue weighted by molar-refractivity contribution is 5.79. The predicted octanol–water partition coefficient (Wildman–Crippen LogP) is 4.31. The molecule has 0 saturated heterocycles. The van der Waals surface area contributed by atoms with Gasteiger partial charge in [-0.1, -0.05) is 18.2 Å². The van der Waals surface area contributed by atoms with Gasteiger partial charge in [0.2, 0.25) is 0 Å². The fourth-order valence-corrected chi connectivity index (χ4v) is 2.76. The smallest absolute Gasteiger partial charge is 0.157 e. The zero-order chi connectivity index (χ0) is 17.2. The normalized spacial score (nSPS) is 10.8. The Balaban J connectivity index is 1.79. The van der Waals surface area contributed by atoms with Crippen LogP contribution < -0.4 is 9.47 Å². The predicted molar refractivity (Wildman–Crippen MR) is 97.9 cm³/mol. The van der Waals surface area contributed by atoms with E-state index < -0.39 is 0 Å². The van der Waals surface area contributed by atoms with Crippen molar-refractivity contribution in [3.8, 4) is 34.3 Å². The van der Waals surface area contributed by atoms with E-state index >= 15 is 0 Å². The second kappa shape index (κ2) is 6.28. The third-order valence-electron chi connectivity index (χ3n) is 4.03. The monoisotopic (exact) mass is 331 g/mol. The fraction of sp³-hybridized carbons (Fsp3) is 0.100. The maximum atomic E-state index is 5.35. The first-order valence-electron chi connectivity index (χ1n) is 7.92. The van der Waals surface area contributed by atoms with Crippen LogP contribution in [0.4, 0.5) is 0 Å². The Morgan fingerprint density at radius 1 is 0.760 bits per heavy atom. The Labute approximate surface area is 145 Å². The topological polar surface area (TPSA) is 60.0 Å². The number of aromatic nitrogens is 3. The van der Waals surface area contributed by atoms with Gasteiger partial charge in [0, 0.05) is 11.6 Å². The number of H-pyrrole nitrogens is 1. The SMILES string of the molecule is COc1cc(OC)cc(-c2cccc(-c3nc4ccccc4[nH]3)n2)c1. The third-order valence-corrected chi connectivity index (χ3v) is 4.03. The largest absolute Gasteiger partial charge is 0.497 e. The zero-order valence-corrected chi connectivity index (χ0v) is 14.0. The fourth-order valence-electron chi connectivity index (χ4n) is 2.76. The van der Waals surface area contributed by atoms with Crippen molar-refractivity contribution in [2.45, 2.75) is 0 Å². The third kappa shape index (κ3) is 2.92. The summed E-state index contributed by atoms with van der Waals surface area (Å²) in [5.74, 6) is 2.20. The van der Waals surface area contributed by atoms with Gasteiger partial charge in [-0.15, -0.1) is 0 Å². The average molecular weight is 331 g/mol. The van der Waals surface area contributed by atoms with E-state index in [-0.39, 0.29) is 0 Å². The van der Waals surface area contributed by atoms with Crippen LogP contribution in [-0.2, 0) is 0 Å². The molecule has 25 heavy (non-hydrogen) atoms. The number of hydrogen-bond donors (Lipinski definition) is 1. The van der Waals surface area contributed by atoms with E-state index in [2.05, 4.69) is 9.97 Å².